The van der Waals surface area contributed by atoms with Crippen molar-refractivity contribution < 1.29 is 13.6 Å². The monoisotopic (exact) mass is 291 g/mol. The average Bonchev–Trinajstić information content (AvgIpc) is 2.49. The summed E-state index contributed by atoms with van der Waals surface area (Å²) in [5.74, 6) is -2.07. The first-order chi connectivity index (χ1) is 10.1. The molecule has 0 unspecified atom stereocenters. The number of carbonyl (C=O) groups excluding carboxylic acids is 1. The minimum absolute atomic E-state index is 0.224. The van der Waals surface area contributed by atoms with Gasteiger partial charge in [0.2, 0.25) is 0 Å². The van der Waals surface area contributed by atoms with Crippen molar-refractivity contribution in [2.24, 2.45) is 0 Å². The van der Waals surface area contributed by atoms with E-state index in [1.807, 2.05) is 6.92 Å². The van der Waals surface area contributed by atoms with Crippen molar-refractivity contribution in [3.8, 4) is 0 Å². The Morgan fingerprint density at radius 2 is 1.95 bits per heavy atom. The molecule has 1 amide bonds. The number of nitrogens with one attached hydrogen (secondary N) is 2. The van der Waals surface area contributed by atoms with E-state index in [1.54, 1.807) is 6.07 Å². The van der Waals surface area contributed by atoms with Gasteiger partial charge in [-0.15, -0.1) is 0 Å². The number of aromatic nitrogens is 1. The first-order valence-electron chi connectivity index (χ1n) is 6.55. The lowest BCUT2D eigenvalue weighted by atomic mass is 10.2. The Morgan fingerprint density at radius 1 is 1.14 bits per heavy atom. The number of nitrogens with zero attached hydrogens (tertiary/aromatic N) is 1. The summed E-state index contributed by atoms with van der Waals surface area (Å²) >= 11 is 0. The molecule has 2 rings (SSSR count). The second-order valence-electron chi connectivity index (χ2n) is 4.47. The summed E-state index contributed by atoms with van der Waals surface area (Å²) in [5.41, 5.74) is 1.29. The lowest BCUT2D eigenvalue weighted by molar-refractivity contribution is 0.0953. The van der Waals surface area contributed by atoms with Crippen LogP contribution in [-0.4, -0.2) is 17.4 Å². The van der Waals surface area contributed by atoms with Crippen molar-refractivity contribution >= 4 is 17.3 Å². The van der Waals surface area contributed by atoms with Gasteiger partial charge in [0.05, 0.1) is 17.4 Å². The van der Waals surface area contributed by atoms with Gasteiger partial charge >= 0.3 is 0 Å². The molecule has 1 aromatic carbocycles. The number of anilines is 2. The summed E-state index contributed by atoms with van der Waals surface area (Å²) in [6.45, 7) is 2.54. The molecule has 0 atom stereocenters. The maximum atomic E-state index is 13.1. The molecule has 0 aliphatic carbocycles. The van der Waals surface area contributed by atoms with Crippen LogP contribution in [0.25, 0.3) is 0 Å². The van der Waals surface area contributed by atoms with Crippen LogP contribution in [0.3, 0.4) is 0 Å². The van der Waals surface area contributed by atoms with Gasteiger partial charge in [0, 0.05) is 24.5 Å². The van der Waals surface area contributed by atoms with Crippen molar-refractivity contribution in [2.75, 3.05) is 11.9 Å². The summed E-state index contributed by atoms with van der Waals surface area (Å²) in [4.78, 5) is 15.8. The second-order valence-corrected chi connectivity index (χ2v) is 4.47. The summed E-state index contributed by atoms with van der Waals surface area (Å²) in [6.07, 6.45) is 3.78. The Hall–Kier alpha value is -2.50. The molecule has 2 N–H and O–H groups in total. The number of rotatable bonds is 5. The van der Waals surface area contributed by atoms with E-state index < -0.39 is 11.6 Å². The zero-order valence-corrected chi connectivity index (χ0v) is 11.5. The van der Waals surface area contributed by atoms with Crippen LogP contribution in [0, 0.1) is 11.6 Å². The molecular formula is C15H15F2N3O. The molecule has 2 aromatic rings. The molecule has 1 aromatic heterocycles. The quantitative estimate of drug-likeness (QED) is 0.889. The summed E-state index contributed by atoms with van der Waals surface area (Å²) in [7, 11) is 0. The highest BCUT2D eigenvalue weighted by Gasteiger charge is 2.07. The molecule has 110 valence electrons. The fourth-order valence-corrected chi connectivity index (χ4v) is 1.71. The van der Waals surface area contributed by atoms with Crippen LogP contribution >= 0.6 is 0 Å². The molecule has 4 nitrogen and oxygen atoms in total. The molecule has 21 heavy (non-hydrogen) atoms. The Morgan fingerprint density at radius 3 is 2.67 bits per heavy atom. The van der Waals surface area contributed by atoms with Crippen LogP contribution in [-0.2, 0) is 0 Å². The Labute approximate surface area is 121 Å². The van der Waals surface area contributed by atoms with E-state index in [0.29, 0.717) is 23.5 Å². The first-order valence-corrected chi connectivity index (χ1v) is 6.55. The van der Waals surface area contributed by atoms with Gasteiger partial charge < -0.3 is 10.6 Å². The third-order valence-corrected chi connectivity index (χ3v) is 2.74. The first kappa shape index (κ1) is 14.9. The number of pyridine rings is 1. The van der Waals surface area contributed by atoms with Crippen LogP contribution in [0.15, 0.2) is 36.7 Å². The second kappa shape index (κ2) is 6.78. The van der Waals surface area contributed by atoms with Gasteiger partial charge in [0.1, 0.15) is 0 Å². The van der Waals surface area contributed by atoms with Crippen LogP contribution < -0.4 is 10.6 Å². The van der Waals surface area contributed by atoms with Crippen molar-refractivity contribution in [2.45, 2.75) is 13.3 Å². The van der Waals surface area contributed by atoms with Crippen LogP contribution in [0.1, 0.15) is 23.7 Å². The maximum Gasteiger partial charge on any atom is 0.252 e. The van der Waals surface area contributed by atoms with Gasteiger partial charge in [0.15, 0.2) is 11.6 Å². The number of halogens is 2. The SMILES string of the molecule is CCCNC(=O)c1cncc(Nc2ccc(F)c(F)c2)c1. The van der Waals surface area contributed by atoms with Crippen molar-refractivity contribution in [3.05, 3.63) is 53.9 Å². The van der Waals surface area contributed by atoms with E-state index in [4.69, 9.17) is 0 Å². The number of amides is 1. The zero-order chi connectivity index (χ0) is 15.2. The molecule has 0 spiro atoms. The summed E-state index contributed by atoms with van der Waals surface area (Å²) in [6, 6.07) is 5.07. The van der Waals surface area contributed by atoms with Gasteiger partial charge in [-0.25, -0.2) is 8.78 Å². The maximum absolute atomic E-state index is 13.1. The van der Waals surface area contributed by atoms with E-state index in [2.05, 4.69) is 15.6 Å². The summed E-state index contributed by atoms with van der Waals surface area (Å²) < 4.78 is 26.0. The fourth-order valence-electron chi connectivity index (χ4n) is 1.71. The van der Waals surface area contributed by atoms with E-state index in [9.17, 15) is 13.6 Å². The molecule has 0 aliphatic rings. The smallest absolute Gasteiger partial charge is 0.252 e. The predicted molar refractivity (Wildman–Crippen MR) is 76.5 cm³/mol. The molecule has 6 heteroatoms. The molecule has 0 aliphatic heterocycles. The van der Waals surface area contributed by atoms with Gasteiger partial charge in [-0.05, 0) is 24.6 Å². The normalized spacial score (nSPS) is 10.2. The number of hydrogen-bond donors (Lipinski definition) is 2. The van der Waals surface area contributed by atoms with E-state index >= 15 is 0 Å². The van der Waals surface area contributed by atoms with Crippen LogP contribution in [0.2, 0.25) is 0 Å². The lowest BCUT2D eigenvalue weighted by Crippen LogP contribution is -2.24. The summed E-state index contributed by atoms with van der Waals surface area (Å²) in [5, 5.41) is 5.61. The molecule has 0 bridgehead atoms. The standard InChI is InChI=1S/C15H15F2N3O/c1-2-5-19-15(21)10-6-12(9-18-8-10)20-11-3-4-13(16)14(17)7-11/h3-4,6-9,20H,2,5H2,1H3,(H,19,21). The highest BCUT2D eigenvalue weighted by Crippen LogP contribution is 2.19. The molecule has 1 heterocycles. The molecule has 0 fully saturated rings. The Bertz CT molecular complexity index is 647. The topological polar surface area (TPSA) is 54.0 Å². The molecule has 0 radical (unpaired) electrons. The Kier molecular flexibility index (Phi) is 4.81. The third kappa shape index (κ3) is 3.98. The molecular weight excluding hydrogens is 276 g/mol. The van der Waals surface area contributed by atoms with Crippen molar-refractivity contribution in [1.29, 1.82) is 0 Å². The van der Waals surface area contributed by atoms with Crippen LogP contribution in [0.5, 0.6) is 0 Å². The third-order valence-electron chi connectivity index (χ3n) is 2.74. The van der Waals surface area contributed by atoms with E-state index in [0.717, 1.165) is 18.6 Å². The highest BCUT2D eigenvalue weighted by atomic mass is 19.2. The Balaban J connectivity index is 2.13. The predicted octanol–water partition coefficient (Wildman–Crippen LogP) is 3.24. The zero-order valence-electron chi connectivity index (χ0n) is 11.5. The largest absolute Gasteiger partial charge is 0.354 e. The molecule has 0 saturated carbocycles. The van der Waals surface area contributed by atoms with Crippen LogP contribution in [0.4, 0.5) is 20.2 Å². The van der Waals surface area contributed by atoms with Crippen molar-refractivity contribution in [1.82, 2.24) is 10.3 Å². The van der Waals surface area contributed by atoms with E-state index in [1.165, 1.54) is 18.5 Å². The van der Waals surface area contributed by atoms with Gasteiger partial charge in [0.25, 0.3) is 5.91 Å². The lowest BCUT2D eigenvalue weighted by Gasteiger charge is -2.08. The van der Waals surface area contributed by atoms with Gasteiger partial charge in [-0.2, -0.15) is 0 Å². The number of carbonyl (C=O) groups is 1. The molecule has 0 saturated heterocycles. The average molecular weight is 291 g/mol. The van der Waals surface area contributed by atoms with Gasteiger partial charge in [-0.3, -0.25) is 9.78 Å². The minimum atomic E-state index is -0.940. The van der Waals surface area contributed by atoms with Crippen molar-refractivity contribution in [3.63, 3.8) is 0 Å². The van der Waals surface area contributed by atoms with Gasteiger partial charge in [-0.1, -0.05) is 6.92 Å². The number of benzene rings is 1. The van der Waals surface area contributed by atoms with E-state index in [-0.39, 0.29) is 5.91 Å². The number of hydrogen-bond acceptors (Lipinski definition) is 3. The highest BCUT2D eigenvalue weighted by molar-refractivity contribution is 5.94. The fraction of sp³-hybridized carbons (Fsp3) is 0.200. The minimum Gasteiger partial charge on any atom is -0.354 e.